The molecule has 2 unspecified atom stereocenters. The molecule has 2 nitrogen and oxygen atoms in total. The zero-order chi connectivity index (χ0) is 12.4. The molecule has 0 aromatic heterocycles. The highest BCUT2D eigenvalue weighted by Crippen LogP contribution is 2.43. The van der Waals surface area contributed by atoms with E-state index in [1.165, 1.54) is 21.9 Å². The van der Waals surface area contributed by atoms with Crippen LogP contribution in [-0.4, -0.2) is 13.2 Å². The molecule has 2 heteroatoms. The molecule has 2 aliphatic heterocycles. The lowest BCUT2D eigenvalue weighted by molar-refractivity contribution is 0.329. The van der Waals surface area contributed by atoms with Crippen molar-refractivity contribution >= 4 is 10.8 Å². The summed E-state index contributed by atoms with van der Waals surface area (Å²) in [6.45, 7) is 5.96. The molecule has 0 radical (unpaired) electrons. The van der Waals surface area contributed by atoms with E-state index < -0.39 is 0 Å². The molecule has 0 N–H and O–H groups in total. The van der Waals surface area contributed by atoms with Crippen molar-refractivity contribution in [2.75, 3.05) is 13.2 Å². The molecule has 2 saturated heterocycles. The lowest BCUT2D eigenvalue weighted by atomic mass is 9.92. The molecule has 0 amide bonds. The summed E-state index contributed by atoms with van der Waals surface area (Å²) in [6, 6.07) is 13.1. The third-order valence-electron chi connectivity index (χ3n) is 4.22. The minimum absolute atomic E-state index is 0.0514. The number of epoxide rings is 2. The van der Waals surface area contributed by atoms with E-state index in [9.17, 15) is 0 Å². The van der Waals surface area contributed by atoms with Gasteiger partial charge in [-0.1, -0.05) is 30.3 Å². The van der Waals surface area contributed by atoms with Crippen molar-refractivity contribution < 1.29 is 9.47 Å². The van der Waals surface area contributed by atoms with Crippen LogP contribution in [0.4, 0.5) is 0 Å². The topological polar surface area (TPSA) is 25.1 Å². The Morgan fingerprint density at radius 3 is 2.33 bits per heavy atom. The second-order valence-electron chi connectivity index (χ2n) is 5.78. The second-order valence-corrected chi connectivity index (χ2v) is 5.78. The van der Waals surface area contributed by atoms with Crippen molar-refractivity contribution in [3.05, 3.63) is 47.5 Å². The maximum atomic E-state index is 5.58. The van der Waals surface area contributed by atoms with Gasteiger partial charge in [-0.25, -0.2) is 0 Å². The van der Waals surface area contributed by atoms with Crippen molar-refractivity contribution in [1.29, 1.82) is 0 Å². The van der Waals surface area contributed by atoms with Crippen LogP contribution in [0.1, 0.15) is 25.0 Å². The molecule has 2 heterocycles. The van der Waals surface area contributed by atoms with Gasteiger partial charge >= 0.3 is 0 Å². The Bertz CT molecular complexity index is 637. The molecular formula is C16H16O2. The summed E-state index contributed by atoms with van der Waals surface area (Å²) in [4.78, 5) is 0. The molecule has 2 atom stereocenters. The normalized spacial score (nSPS) is 33.7. The first-order chi connectivity index (χ1) is 8.61. The molecule has 0 aliphatic carbocycles. The van der Waals surface area contributed by atoms with E-state index in [-0.39, 0.29) is 11.2 Å². The standard InChI is InChI=1S/C16H16O2/c1-15(9-17-15)12-6-7-13-11(8-12)4-3-5-14(13)16(2)10-18-16/h3-8H,9-10H2,1-2H3. The largest absolute Gasteiger partial charge is 0.365 e. The molecule has 2 aromatic rings. The summed E-state index contributed by atoms with van der Waals surface area (Å²) in [5.74, 6) is 0. The Morgan fingerprint density at radius 2 is 1.67 bits per heavy atom. The van der Waals surface area contributed by atoms with Crippen LogP contribution in [0.5, 0.6) is 0 Å². The van der Waals surface area contributed by atoms with Crippen LogP contribution < -0.4 is 0 Å². The minimum Gasteiger partial charge on any atom is -0.365 e. The summed E-state index contributed by atoms with van der Waals surface area (Å²) in [6.07, 6.45) is 0. The maximum absolute atomic E-state index is 5.58. The summed E-state index contributed by atoms with van der Waals surface area (Å²) in [5.41, 5.74) is 2.45. The van der Waals surface area contributed by atoms with Gasteiger partial charge in [-0.2, -0.15) is 0 Å². The second kappa shape index (κ2) is 3.14. The number of benzene rings is 2. The Morgan fingerprint density at radius 1 is 0.944 bits per heavy atom. The summed E-state index contributed by atoms with van der Waals surface area (Å²) >= 11 is 0. The molecule has 18 heavy (non-hydrogen) atoms. The molecule has 0 saturated carbocycles. The first kappa shape index (κ1) is 10.5. The van der Waals surface area contributed by atoms with E-state index in [4.69, 9.17) is 9.47 Å². The van der Waals surface area contributed by atoms with E-state index in [1.807, 2.05) is 0 Å². The average molecular weight is 240 g/mol. The molecular weight excluding hydrogens is 224 g/mol. The van der Waals surface area contributed by atoms with Crippen LogP contribution in [0, 0.1) is 0 Å². The summed E-state index contributed by atoms with van der Waals surface area (Å²) in [5, 5.41) is 2.57. The first-order valence-corrected chi connectivity index (χ1v) is 6.42. The van der Waals surface area contributed by atoms with Crippen molar-refractivity contribution in [2.45, 2.75) is 25.0 Å². The predicted molar refractivity (Wildman–Crippen MR) is 70.6 cm³/mol. The highest BCUT2D eigenvalue weighted by molar-refractivity contribution is 5.87. The van der Waals surface area contributed by atoms with Gasteiger partial charge in [0.2, 0.25) is 0 Å². The summed E-state index contributed by atoms with van der Waals surface area (Å²) in [7, 11) is 0. The number of hydrogen-bond acceptors (Lipinski definition) is 2. The number of fused-ring (bicyclic) bond motifs is 1. The third-order valence-corrected chi connectivity index (χ3v) is 4.22. The quantitative estimate of drug-likeness (QED) is 0.752. The van der Waals surface area contributed by atoms with Crippen LogP contribution in [0.3, 0.4) is 0 Å². The molecule has 4 rings (SSSR count). The van der Waals surface area contributed by atoms with Crippen LogP contribution in [0.2, 0.25) is 0 Å². The lowest BCUT2D eigenvalue weighted by Gasteiger charge is -2.12. The zero-order valence-electron chi connectivity index (χ0n) is 10.7. The molecule has 0 spiro atoms. The molecule has 92 valence electrons. The molecule has 0 bridgehead atoms. The fraction of sp³-hybridized carbons (Fsp3) is 0.375. The first-order valence-electron chi connectivity index (χ1n) is 6.42. The van der Waals surface area contributed by atoms with Crippen molar-refractivity contribution in [3.8, 4) is 0 Å². The van der Waals surface area contributed by atoms with Crippen LogP contribution in [0.25, 0.3) is 10.8 Å². The fourth-order valence-electron chi connectivity index (χ4n) is 2.61. The van der Waals surface area contributed by atoms with Gasteiger partial charge in [-0.05, 0) is 41.8 Å². The maximum Gasteiger partial charge on any atom is 0.114 e. The Kier molecular flexibility index (Phi) is 1.84. The van der Waals surface area contributed by atoms with Gasteiger partial charge < -0.3 is 9.47 Å². The highest BCUT2D eigenvalue weighted by atomic mass is 16.6. The third kappa shape index (κ3) is 1.43. The Labute approximate surface area is 107 Å². The number of rotatable bonds is 2. The summed E-state index contributed by atoms with van der Waals surface area (Å²) < 4.78 is 11.1. The van der Waals surface area contributed by atoms with Gasteiger partial charge in [-0.15, -0.1) is 0 Å². The lowest BCUT2D eigenvalue weighted by Crippen LogP contribution is -2.05. The van der Waals surface area contributed by atoms with Crippen LogP contribution >= 0.6 is 0 Å². The van der Waals surface area contributed by atoms with E-state index in [0.29, 0.717) is 0 Å². The molecule has 2 aliphatic rings. The van der Waals surface area contributed by atoms with E-state index in [1.54, 1.807) is 0 Å². The number of ether oxygens (including phenoxy) is 2. The van der Waals surface area contributed by atoms with Gasteiger partial charge in [0.1, 0.15) is 11.2 Å². The van der Waals surface area contributed by atoms with Crippen molar-refractivity contribution in [2.24, 2.45) is 0 Å². The Hall–Kier alpha value is -1.38. The zero-order valence-corrected chi connectivity index (χ0v) is 10.7. The SMILES string of the molecule is CC1(c2ccc3c(C4(C)CO4)cccc3c2)CO1. The van der Waals surface area contributed by atoms with Crippen LogP contribution in [-0.2, 0) is 20.7 Å². The van der Waals surface area contributed by atoms with Crippen LogP contribution in [0.15, 0.2) is 36.4 Å². The average Bonchev–Trinajstić information content (AvgIpc) is 3.29. The van der Waals surface area contributed by atoms with Crippen molar-refractivity contribution in [3.63, 3.8) is 0 Å². The predicted octanol–water partition coefficient (Wildman–Crippen LogP) is 3.33. The Balaban J connectivity index is 1.91. The number of hydrogen-bond donors (Lipinski definition) is 0. The van der Waals surface area contributed by atoms with Gasteiger partial charge in [0.05, 0.1) is 13.2 Å². The van der Waals surface area contributed by atoms with E-state index in [2.05, 4.69) is 50.2 Å². The van der Waals surface area contributed by atoms with Gasteiger partial charge in [-0.3, -0.25) is 0 Å². The van der Waals surface area contributed by atoms with E-state index in [0.717, 1.165) is 13.2 Å². The highest BCUT2D eigenvalue weighted by Gasteiger charge is 2.43. The molecule has 2 aromatic carbocycles. The van der Waals surface area contributed by atoms with E-state index >= 15 is 0 Å². The van der Waals surface area contributed by atoms with Gasteiger partial charge in [0, 0.05) is 0 Å². The monoisotopic (exact) mass is 240 g/mol. The van der Waals surface area contributed by atoms with Gasteiger partial charge in [0.25, 0.3) is 0 Å². The smallest absolute Gasteiger partial charge is 0.114 e. The minimum atomic E-state index is -0.0684. The van der Waals surface area contributed by atoms with Crippen molar-refractivity contribution in [1.82, 2.24) is 0 Å². The molecule has 2 fully saturated rings. The fourth-order valence-corrected chi connectivity index (χ4v) is 2.61. The van der Waals surface area contributed by atoms with Gasteiger partial charge in [0.15, 0.2) is 0 Å².